The van der Waals surface area contributed by atoms with Crippen molar-refractivity contribution >= 4 is 11.3 Å². The molecule has 1 aromatic heterocycles. The molecule has 0 aliphatic carbocycles. The summed E-state index contributed by atoms with van der Waals surface area (Å²) in [7, 11) is 0. The monoisotopic (exact) mass is 286 g/mol. The first-order valence-electron chi connectivity index (χ1n) is 6.67. The molecule has 1 atom stereocenters. The molecule has 0 spiro atoms. The van der Waals surface area contributed by atoms with E-state index in [-0.39, 0.29) is 0 Å². The summed E-state index contributed by atoms with van der Waals surface area (Å²) >= 11 is 1.55. The van der Waals surface area contributed by atoms with Crippen molar-refractivity contribution in [3.8, 4) is 11.8 Å². The third-order valence-corrected chi connectivity index (χ3v) is 4.05. The van der Waals surface area contributed by atoms with Gasteiger partial charge in [-0.15, -0.1) is 11.3 Å². The van der Waals surface area contributed by atoms with E-state index >= 15 is 0 Å². The number of nitrogens with zero attached hydrogens (tertiary/aromatic N) is 2. The fourth-order valence-electron chi connectivity index (χ4n) is 2.24. The molecule has 2 nitrogen and oxygen atoms in total. The van der Waals surface area contributed by atoms with Gasteiger partial charge in [-0.3, -0.25) is 4.90 Å². The predicted molar refractivity (Wildman–Crippen MR) is 79.3 cm³/mol. The van der Waals surface area contributed by atoms with E-state index in [1.165, 1.54) is 0 Å². The molecule has 0 saturated carbocycles. The fourth-order valence-corrected chi connectivity index (χ4v) is 2.90. The Morgan fingerprint density at radius 2 is 2.15 bits per heavy atom. The molecule has 1 saturated heterocycles. The molecule has 0 bridgehead atoms. The molecule has 20 heavy (non-hydrogen) atoms. The second-order valence-corrected chi connectivity index (χ2v) is 5.74. The van der Waals surface area contributed by atoms with E-state index in [1.54, 1.807) is 11.3 Å². The van der Waals surface area contributed by atoms with E-state index in [9.17, 15) is 4.39 Å². The number of aromatic nitrogens is 1. The SMILES string of the molecule is F[C@H]1CCN(Cc2csc(C#Cc3ccccc3)n2)C1. The highest BCUT2D eigenvalue weighted by Gasteiger charge is 2.22. The number of benzene rings is 1. The van der Waals surface area contributed by atoms with Crippen LogP contribution < -0.4 is 0 Å². The summed E-state index contributed by atoms with van der Waals surface area (Å²) in [4.78, 5) is 6.60. The second kappa shape index (κ2) is 6.17. The van der Waals surface area contributed by atoms with Gasteiger partial charge in [-0.25, -0.2) is 9.37 Å². The zero-order valence-electron chi connectivity index (χ0n) is 11.1. The van der Waals surface area contributed by atoms with Crippen molar-refractivity contribution in [3.05, 3.63) is 52.0 Å². The first-order chi connectivity index (χ1) is 9.79. The van der Waals surface area contributed by atoms with Crippen LogP contribution in [0.4, 0.5) is 4.39 Å². The van der Waals surface area contributed by atoms with Crippen molar-refractivity contribution in [2.75, 3.05) is 13.1 Å². The molecule has 0 unspecified atom stereocenters. The number of halogens is 1. The molecular weight excluding hydrogens is 271 g/mol. The maximum Gasteiger partial charge on any atom is 0.167 e. The molecule has 1 aromatic carbocycles. The van der Waals surface area contributed by atoms with E-state index in [0.29, 0.717) is 13.0 Å². The summed E-state index contributed by atoms with van der Waals surface area (Å²) < 4.78 is 13.1. The largest absolute Gasteiger partial charge is 0.294 e. The van der Waals surface area contributed by atoms with Gasteiger partial charge in [0, 0.05) is 30.6 Å². The van der Waals surface area contributed by atoms with Crippen molar-refractivity contribution in [1.82, 2.24) is 9.88 Å². The quantitative estimate of drug-likeness (QED) is 0.789. The molecule has 102 valence electrons. The van der Waals surface area contributed by atoms with E-state index in [2.05, 4.69) is 21.7 Å². The van der Waals surface area contributed by atoms with Gasteiger partial charge in [-0.2, -0.15) is 0 Å². The summed E-state index contributed by atoms with van der Waals surface area (Å²) in [5.74, 6) is 6.18. The molecule has 4 heteroatoms. The number of likely N-dealkylation sites (tertiary alicyclic amines) is 1. The van der Waals surface area contributed by atoms with Crippen molar-refractivity contribution < 1.29 is 4.39 Å². The van der Waals surface area contributed by atoms with Crippen LogP contribution in [0.3, 0.4) is 0 Å². The first-order valence-corrected chi connectivity index (χ1v) is 7.55. The maximum absolute atomic E-state index is 13.1. The Bertz CT molecular complexity index is 627. The van der Waals surface area contributed by atoms with Crippen LogP contribution in [-0.2, 0) is 6.54 Å². The van der Waals surface area contributed by atoms with Crippen LogP contribution in [0.25, 0.3) is 0 Å². The molecule has 3 rings (SSSR count). The Morgan fingerprint density at radius 1 is 1.30 bits per heavy atom. The Balaban J connectivity index is 1.64. The average Bonchev–Trinajstić information content (AvgIpc) is 3.08. The Labute approximate surface area is 122 Å². The lowest BCUT2D eigenvalue weighted by Gasteiger charge is -2.11. The van der Waals surface area contributed by atoms with Crippen LogP contribution >= 0.6 is 11.3 Å². The molecule has 1 fully saturated rings. The normalized spacial score (nSPS) is 18.8. The first kappa shape index (κ1) is 13.3. The van der Waals surface area contributed by atoms with Gasteiger partial charge < -0.3 is 0 Å². The molecule has 2 heterocycles. The van der Waals surface area contributed by atoms with Gasteiger partial charge in [0.2, 0.25) is 0 Å². The summed E-state index contributed by atoms with van der Waals surface area (Å²) in [6.45, 7) is 2.08. The lowest BCUT2D eigenvalue weighted by Crippen LogP contribution is -2.20. The Hall–Kier alpha value is -1.70. The minimum absolute atomic E-state index is 0.530. The minimum Gasteiger partial charge on any atom is -0.294 e. The third-order valence-electron chi connectivity index (χ3n) is 3.24. The Kier molecular flexibility index (Phi) is 4.10. The van der Waals surface area contributed by atoms with Crippen LogP contribution in [-0.4, -0.2) is 29.1 Å². The zero-order valence-corrected chi connectivity index (χ0v) is 11.9. The molecule has 0 amide bonds. The van der Waals surface area contributed by atoms with E-state index in [0.717, 1.165) is 29.4 Å². The van der Waals surface area contributed by atoms with E-state index in [4.69, 9.17) is 0 Å². The summed E-state index contributed by atoms with van der Waals surface area (Å²) in [6, 6.07) is 9.87. The number of alkyl halides is 1. The number of hydrogen-bond donors (Lipinski definition) is 0. The van der Waals surface area contributed by atoms with Gasteiger partial charge in [-0.05, 0) is 24.5 Å². The van der Waals surface area contributed by atoms with Crippen molar-refractivity contribution in [2.24, 2.45) is 0 Å². The van der Waals surface area contributed by atoms with Gasteiger partial charge in [0.25, 0.3) is 0 Å². The van der Waals surface area contributed by atoms with Gasteiger partial charge in [0.05, 0.1) is 5.69 Å². The molecule has 2 aromatic rings. The van der Waals surface area contributed by atoms with Crippen LogP contribution in [0.15, 0.2) is 35.7 Å². The van der Waals surface area contributed by atoms with Crippen LogP contribution in [0.5, 0.6) is 0 Å². The van der Waals surface area contributed by atoms with Gasteiger partial charge in [-0.1, -0.05) is 24.1 Å². The van der Waals surface area contributed by atoms with Gasteiger partial charge in [0.1, 0.15) is 6.17 Å². The average molecular weight is 286 g/mol. The van der Waals surface area contributed by atoms with Crippen LogP contribution in [0, 0.1) is 11.8 Å². The van der Waals surface area contributed by atoms with Crippen LogP contribution in [0.1, 0.15) is 22.7 Å². The van der Waals surface area contributed by atoms with E-state index < -0.39 is 6.17 Å². The standard InChI is InChI=1S/C16H15FN2S/c17-14-8-9-19(10-14)11-15-12-20-16(18-15)7-6-13-4-2-1-3-5-13/h1-5,12,14H,8-11H2/t14-/m0/s1. The number of thiazole rings is 1. The van der Waals surface area contributed by atoms with Crippen LogP contribution in [0.2, 0.25) is 0 Å². The smallest absolute Gasteiger partial charge is 0.167 e. The lowest BCUT2D eigenvalue weighted by molar-refractivity contribution is 0.280. The predicted octanol–water partition coefficient (Wildman–Crippen LogP) is 3.09. The van der Waals surface area contributed by atoms with Gasteiger partial charge in [0.15, 0.2) is 5.01 Å². The lowest BCUT2D eigenvalue weighted by atomic mass is 10.2. The highest BCUT2D eigenvalue weighted by Crippen LogP contribution is 2.17. The summed E-state index contributed by atoms with van der Waals surface area (Å²) in [6.07, 6.45) is -0.0314. The van der Waals surface area contributed by atoms with Crippen molar-refractivity contribution in [3.63, 3.8) is 0 Å². The molecule has 1 aliphatic heterocycles. The topological polar surface area (TPSA) is 16.1 Å². The van der Waals surface area contributed by atoms with Crippen molar-refractivity contribution in [1.29, 1.82) is 0 Å². The van der Waals surface area contributed by atoms with E-state index in [1.807, 2.05) is 35.7 Å². The summed E-state index contributed by atoms with van der Waals surface area (Å²) in [5, 5.41) is 2.83. The maximum atomic E-state index is 13.1. The van der Waals surface area contributed by atoms with Gasteiger partial charge >= 0.3 is 0 Å². The molecule has 1 aliphatic rings. The highest BCUT2D eigenvalue weighted by molar-refractivity contribution is 7.10. The molecule has 0 N–H and O–H groups in total. The number of rotatable bonds is 2. The third kappa shape index (κ3) is 3.44. The highest BCUT2D eigenvalue weighted by atomic mass is 32.1. The minimum atomic E-state index is -0.675. The second-order valence-electron chi connectivity index (χ2n) is 4.88. The van der Waals surface area contributed by atoms with Crippen molar-refractivity contribution in [2.45, 2.75) is 19.1 Å². The fraction of sp³-hybridized carbons (Fsp3) is 0.312. The number of hydrogen-bond acceptors (Lipinski definition) is 3. The molecular formula is C16H15FN2S. The zero-order chi connectivity index (χ0) is 13.8. The molecule has 0 radical (unpaired) electrons. The Morgan fingerprint density at radius 3 is 2.90 bits per heavy atom. The summed E-state index contributed by atoms with van der Waals surface area (Å²) in [5.41, 5.74) is 1.98.